The lowest BCUT2D eigenvalue weighted by Crippen LogP contribution is -2.65. The number of nitrogens with one attached hydrogen (secondary N) is 1. The molecule has 2 aliphatic rings. The van der Waals surface area contributed by atoms with Crippen LogP contribution in [0.25, 0.3) is 0 Å². The number of nitrogens with zero attached hydrogens (tertiary/aromatic N) is 1. The van der Waals surface area contributed by atoms with Crippen molar-refractivity contribution in [3.05, 3.63) is 30.3 Å². The summed E-state index contributed by atoms with van der Waals surface area (Å²) in [5, 5.41) is 2.87. The highest BCUT2D eigenvalue weighted by molar-refractivity contribution is 8.01. The van der Waals surface area contributed by atoms with E-state index in [4.69, 9.17) is 0 Å². The van der Waals surface area contributed by atoms with Crippen LogP contribution in [0.5, 0.6) is 0 Å². The first-order valence-electron chi connectivity index (χ1n) is 6.39. The number of carbonyl (C=O) groups is 2. The quantitative estimate of drug-likeness (QED) is 0.846. The Morgan fingerprint density at radius 2 is 2.05 bits per heavy atom. The molecule has 5 heteroatoms. The fourth-order valence-electron chi connectivity index (χ4n) is 2.30. The number of benzene rings is 1. The standard InChI is InChI=1S/C14H16N2O2S/c1-19-14(7-8-14)13(18)15-11-9-16(12(11)17)10-5-3-2-4-6-10/h2-6,11H,7-9H2,1H3,(H,15,18). The first-order chi connectivity index (χ1) is 9.16. The van der Waals surface area contributed by atoms with Gasteiger partial charge in [-0.15, -0.1) is 11.8 Å². The van der Waals surface area contributed by atoms with E-state index in [1.807, 2.05) is 36.6 Å². The second-order valence-electron chi connectivity index (χ2n) is 5.01. The van der Waals surface area contributed by atoms with Crippen molar-refractivity contribution in [1.82, 2.24) is 5.32 Å². The van der Waals surface area contributed by atoms with E-state index < -0.39 is 0 Å². The average Bonchev–Trinajstić information content (AvgIpc) is 3.24. The first kappa shape index (κ1) is 12.5. The Hall–Kier alpha value is -1.49. The Kier molecular flexibility index (Phi) is 3.01. The van der Waals surface area contributed by atoms with Gasteiger partial charge in [0.1, 0.15) is 6.04 Å². The molecule has 1 unspecified atom stereocenters. The normalized spacial score (nSPS) is 23.7. The SMILES string of the molecule is CSC1(C(=O)NC2CN(c3ccccc3)C2=O)CC1. The molecule has 1 aromatic rings. The van der Waals surface area contributed by atoms with Crippen LogP contribution in [0.4, 0.5) is 5.69 Å². The molecule has 1 aliphatic heterocycles. The van der Waals surface area contributed by atoms with Crippen molar-refractivity contribution in [3.63, 3.8) is 0 Å². The lowest BCUT2D eigenvalue weighted by atomic mass is 10.1. The maximum Gasteiger partial charge on any atom is 0.251 e. The van der Waals surface area contributed by atoms with E-state index in [1.54, 1.807) is 16.7 Å². The van der Waals surface area contributed by atoms with Gasteiger partial charge >= 0.3 is 0 Å². The Bertz CT molecular complexity index is 513. The Labute approximate surface area is 116 Å². The van der Waals surface area contributed by atoms with Gasteiger partial charge in [-0.3, -0.25) is 9.59 Å². The van der Waals surface area contributed by atoms with Crippen molar-refractivity contribution in [2.75, 3.05) is 17.7 Å². The van der Waals surface area contributed by atoms with Crippen LogP contribution in [-0.2, 0) is 9.59 Å². The van der Waals surface area contributed by atoms with Crippen molar-refractivity contribution in [2.24, 2.45) is 0 Å². The second kappa shape index (κ2) is 4.56. The third kappa shape index (κ3) is 2.12. The van der Waals surface area contributed by atoms with Crippen molar-refractivity contribution >= 4 is 29.3 Å². The van der Waals surface area contributed by atoms with Crippen LogP contribution in [0.1, 0.15) is 12.8 Å². The molecule has 0 radical (unpaired) electrons. The number of β-lactam (4-membered cyclic amide) rings is 1. The van der Waals surface area contributed by atoms with E-state index >= 15 is 0 Å². The van der Waals surface area contributed by atoms with Gasteiger partial charge in [0.2, 0.25) is 5.91 Å². The van der Waals surface area contributed by atoms with Gasteiger partial charge in [-0.1, -0.05) is 18.2 Å². The molecule has 100 valence electrons. The molecule has 4 nitrogen and oxygen atoms in total. The number of thioether (sulfide) groups is 1. The number of hydrogen-bond donors (Lipinski definition) is 1. The largest absolute Gasteiger partial charge is 0.341 e. The zero-order valence-electron chi connectivity index (χ0n) is 10.8. The van der Waals surface area contributed by atoms with E-state index in [0.29, 0.717) is 6.54 Å². The molecule has 1 atom stereocenters. The highest BCUT2D eigenvalue weighted by Crippen LogP contribution is 2.47. The van der Waals surface area contributed by atoms with Crippen LogP contribution in [0, 0.1) is 0 Å². The van der Waals surface area contributed by atoms with E-state index in [-0.39, 0.29) is 22.6 Å². The minimum atomic E-state index is -0.350. The predicted octanol–water partition coefficient (Wildman–Crippen LogP) is 1.41. The molecule has 0 bridgehead atoms. The van der Waals surface area contributed by atoms with Gasteiger partial charge in [-0.2, -0.15) is 0 Å². The van der Waals surface area contributed by atoms with Crippen molar-refractivity contribution in [1.29, 1.82) is 0 Å². The van der Waals surface area contributed by atoms with Crippen molar-refractivity contribution < 1.29 is 9.59 Å². The molecule has 2 fully saturated rings. The van der Waals surface area contributed by atoms with Crippen molar-refractivity contribution in [3.8, 4) is 0 Å². The van der Waals surface area contributed by atoms with Gasteiger partial charge in [0.15, 0.2) is 0 Å². The first-order valence-corrected chi connectivity index (χ1v) is 7.61. The third-order valence-corrected chi connectivity index (χ3v) is 5.19. The maximum atomic E-state index is 12.0. The Balaban J connectivity index is 1.59. The van der Waals surface area contributed by atoms with E-state index in [2.05, 4.69) is 5.32 Å². The number of hydrogen-bond acceptors (Lipinski definition) is 3. The average molecular weight is 276 g/mol. The maximum absolute atomic E-state index is 12.0. The third-order valence-electron chi connectivity index (χ3n) is 3.81. The molecule has 1 saturated heterocycles. The summed E-state index contributed by atoms with van der Waals surface area (Å²) in [6, 6.07) is 9.18. The van der Waals surface area contributed by atoms with Crippen LogP contribution >= 0.6 is 11.8 Å². The topological polar surface area (TPSA) is 49.4 Å². The molecular formula is C14H16N2O2S. The summed E-state index contributed by atoms with van der Waals surface area (Å²) in [6.45, 7) is 0.568. The van der Waals surface area contributed by atoms with Crippen molar-refractivity contribution in [2.45, 2.75) is 23.6 Å². The molecule has 1 heterocycles. The van der Waals surface area contributed by atoms with Crippen LogP contribution in [0.2, 0.25) is 0 Å². The summed E-state index contributed by atoms with van der Waals surface area (Å²) in [6.07, 6.45) is 3.79. The molecule has 0 spiro atoms. The summed E-state index contributed by atoms with van der Waals surface area (Å²) in [5.41, 5.74) is 0.893. The molecule has 2 amide bonds. The van der Waals surface area contributed by atoms with Crippen LogP contribution < -0.4 is 10.2 Å². The minimum absolute atomic E-state index is 0.0172. The molecule has 1 N–H and O–H groups in total. The molecule has 1 aliphatic carbocycles. The van der Waals surface area contributed by atoms with E-state index in [0.717, 1.165) is 18.5 Å². The summed E-state index contributed by atoms with van der Waals surface area (Å²) in [4.78, 5) is 25.8. The number of amides is 2. The summed E-state index contributed by atoms with van der Waals surface area (Å²) in [7, 11) is 0. The zero-order valence-corrected chi connectivity index (χ0v) is 11.6. The van der Waals surface area contributed by atoms with Gasteiger partial charge in [0.05, 0.1) is 11.3 Å². The fourth-order valence-corrected chi connectivity index (χ4v) is 3.06. The summed E-state index contributed by atoms with van der Waals surface area (Å²) < 4.78 is -0.257. The fraction of sp³-hybridized carbons (Fsp3) is 0.429. The lowest BCUT2D eigenvalue weighted by molar-refractivity contribution is -0.130. The monoisotopic (exact) mass is 276 g/mol. The molecule has 3 rings (SSSR count). The number of carbonyl (C=O) groups excluding carboxylic acids is 2. The molecule has 1 aromatic carbocycles. The number of para-hydroxylation sites is 1. The van der Waals surface area contributed by atoms with E-state index in [1.165, 1.54) is 0 Å². The Morgan fingerprint density at radius 1 is 1.37 bits per heavy atom. The molecule has 0 aromatic heterocycles. The second-order valence-corrected chi connectivity index (χ2v) is 6.20. The van der Waals surface area contributed by atoms with Gasteiger partial charge in [-0.25, -0.2) is 0 Å². The number of rotatable bonds is 4. The zero-order chi connectivity index (χ0) is 13.5. The van der Waals surface area contributed by atoms with Crippen LogP contribution in [-0.4, -0.2) is 35.4 Å². The minimum Gasteiger partial charge on any atom is -0.341 e. The summed E-state index contributed by atoms with van der Waals surface area (Å²) in [5.74, 6) is 0.00233. The van der Waals surface area contributed by atoms with Gasteiger partial charge in [0, 0.05) is 5.69 Å². The Morgan fingerprint density at radius 3 is 2.58 bits per heavy atom. The highest BCUT2D eigenvalue weighted by atomic mass is 32.2. The highest BCUT2D eigenvalue weighted by Gasteiger charge is 2.51. The number of anilines is 1. The summed E-state index contributed by atoms with van der Waals surface area (Å²) >= 11 is 1.58. The molecule has 1 saturated carbocycles. The lowest BCUT2D eigenvalue weighted by Gasteiger charge is -2.39. The molecule has 19 heavy (non-hydrogen) atoms. The predicted molar refractivity (Wildman–Crippen MR) is 76.2 cm³/mol. The van der Waals surface area contributed by atoms with Crippen LogP contribution in [0.15, 0.2) is 30.3 Å². The van der Waals surface area contributed by atoms with Crippen LogP contribution in [0.3, 0.4) is 0 Å². The van der Waals surface area contributed by atoms with E-state index in [9.17, 15) is 9.59 Å². The smallest absolute Gasteiger partial charge is 0.251 e. The van der Waals surface area contributed by atoms with Gasteiger partial charge in [0.25, 0.3) is 5.91 Å². The van der Waals surface area contributed by atoms with Gasteiger partial charge in [-0.05, 0) is 31.2 Å². The van der Waals surface area contributed by atoms with Gasteiger partial charge < -0.3 is 10.2 Å². The molecular weight excluding hydrogens is 260 g/mol.